The first-order valence-electron chi connectivity index (χ1n) is 5.75. The lowest BCUT2D eigenvalue weighted by atomic mass is 9.95. The summed E-state index contributed by atoms with van der Waals surface area (Å²) in [4.78, 5) is 12.1. The molecule has 1 heterocycles. The second-order valence-corrected chi connectivity index (χ2v) is 4.35. The molecule has 4 nitrogen and oxygen atoms in total. The largest absolute Gasteiger partial charge is 0.442 e. The van der Waals surface area contributed by atoms with Crippen LogP contribution in [0.1, 0.15) is 22.0 Å². The van der Waals surface area contributed by atoms with E-state index in [4.69, 9.17) is 21.3 Å². The van der Waals surface area contributed by atoms with Crippen molar-refractivity contribution >= 4 is 17.4 Å². The highest BCUT2D eigenvalue weighted by atomic mass is 35.5. The van der Waals surface area contributed by atoms with Crippen molar-refractivity contribution in [1.82, 2.24) is 0 Å². The molecule has 0 saturated carbocycles. The number of rotatable bonds is 5. The average Bonchev–Trinajstić information content (AvgIpc) is 2.87. The second-order valence-electron chi connectivity index (χ2n) is 3.98. The van der Waals surface area contributed by atoms with Crippen molar-refractivity contribution < 1.29 is 22.7 Å². The Labute approximate surface area is 123 Å². The van der Waals surface area contributed by atoms with Crippen LogP contribution in [0.4, 0.5) is 8.78 Å². The van der Waals surface area contributed by atoms with Gasteiger partial charge in [0.2, 0.25) is 5.78 Å². The molecule has 0 amide bonds. The molecule has 2 rings (SSSR count). The van der Waals surface area contributed by atoms with Gasteiger partial charge in [0, 0.05) is 0 Å². The molecular weight excluding hydrogens is 304 g/mol. The lowest BCUT2D eigenvalue weighted by Gasteiger charge is -2.08. The van der Waals surface area contributed by atoms with E-state index in [1.807, 2.05) is 6.07 Å². The number of benzene rings is 1. The van der Waals surface area contributed by atoms with Crippen molar-refractivity contribution in [2.45, 2.75) is 12.5 Å². The summed E-state index contributed by atoms with van der Waals surface area (Å²) in [7, 11) is 0. The Morgan fingerprint density at radius 3 is 2.38 bits per heavy atom. The number of alkyl halides is 2. The Hall–Kier alpha value is -2.39. The Morgan fingerprint density at radius 1 is 1.24 bits per heavy atom. The van der Waals surface area contributed by atoms with Crippen LogP contribution >= 0.6 is 11.6 Å². The topological polar surface area (TPSA) is 63.2 Å². The molecule has 21 heavy (non-hydrogen) atoms. The third-order valence-electron chi connectivity index (χ3n) is 2.65. The lowest BCUT2D eigenvalue weighted by Crippen LogP contribution is -2.10. The van der Waals surface area contributed by atoms with E-state index in [0.717, 1.165) is 0 Å². The van der Waals surface area contributed by atoms with E-state index < -0.39 is 18.3 Å². The highest BCUT2D eigenvalue weighted by Gasteiger charge is 2.24. The zero-order valence-corrected chi connectivity index (χ0v) is 11.2. The monoisotopic (exact) mass is 311 g/mol. The standard InChI is InChI=1S/C14H8ClF2NO3/c15-12-6-5-11(21-12)13(19)10(7-18)8-1-3-9(4-2-8)20-14(16)17/h1-6,10,14H. The second kappa shape index (κ2) is 6.37. The third-order valence-corrected chi connectivity index (χ3v) is 2.85. The number of furan rings is 1. The Morgan fingerprint density at radius 2 is 1.90 bits per heavy atom. The summed E-state index contributed by atoms with van der Waals surface area (Å²) in [6, 6.07) is 9.86. The number of nitriles is 1. The van der Waals surface area contributed by atoms with Crippen molar-refractivity contribution in [2.24, 2.45) is 0 Å². The SMILES string of the molecule is N#CC(C(=O)c1ccc(Cl)o1)c1ccc(OC(F)F)cc1. The number of carbonyl (C=O) groups is 1. The molecule has 1 atom stereocenters. The molecule has 0 aliphatic heterocycles. The molecule has 0 saturated heterocycles. The third kappa shape index (κ3) is 3.58. The predicted octanol–water partition coefficient (Wildman–Crippen LogP) is 4.02. The maximum absolute atomic E-state index is 12.1. The molecule has 0 fully saturated rings. The number of hydrogen-bond acceptors (Lipinski definition) is 4. The minimum Gasteiger partial charge on any atom is -0.442 e. The first kappa shape index (κ1) is 15.0. The van der Waals surface area contributed by atoms with Crippen LogP contribution in [0.5, 0.6) is 5.75 Å². The van der Waals surface area contributed by atoms with E-state index in [-0.39, 0.29) is 16.7 Å². The summed E-state index contributed by atoms with van der Waals surface area (Å²) in [5.41, 5.74) is 0.344. The summed E-state index contributed by atoms with van der Waals surface area (Å²) >= 11 is 5.58. The van der Waals surface area contributed by atoms with Gasteiger partial charge in [-0.1, -0.05) is 12.1 Å². The molecule has 1 aromatic heterocycles. The van der Waals surface area contributed by atoms with Gasteiger partial charge in [-0.15, -0.1) is 0 Å². The lowest BCUT2D eigenvalue weighted by molar-refractivity contribution is -0.0498. The van der Waals surface area contributed by atoms with Crippen LogP contribution in [0.25, 0.3) is 0 Å². The zero-order chi connectivity index (χ0) is 15.4. The van der Waals surface area contributed by atoms with E-state index in [1.54, 1.807) is 0 Å². The fourth-order valence-corrected chi connectivity index (χ4v) is 1.86. The van der Waals surface area contributed by atoms with Crippen LogP contribution in [0.3, 0.4) is 0 Å². The summed E-state index contributed by atoms with van der Waals surface area (Å²) < 4.78 is 33.2. The zero-order valence-electron chi connectivity index (χ0n) is 10.4. The van der Waals surface area contributed by atoms with Crippen LogP contribution < -0.4 is 4.74 Å². The number of hydrogen-bond donors (Lipinski definition) is 0. The highest BCUT2D eigenvalue weighted by Crippen LogP contribution is 2.25. The van der Waals surface area contributed by atoms with Gasteiger partial charge in [-0.25, -0.2) is 0 Å². The normalized spacial score (nSPS) is 12.0. The van der Waals surface area contributed by atoms with Gasteiger partial charge in [0.1, 0.15) is 11.7 Å². The van der Waals surface area contributed by atoms with Crippen molar-refractivity contribution in [3.05, 3.63) is 52.9 Å². The van der Waals surface area contributed by atoms with Crippen LogP contribution in [-0.2, 0) is 0 Å². The molecule has 0 aliphatic carbocycles. The number of Topliss-reactive ketones (excluding diaryl/α,β-unsaturated/α-hetero) is 1. The molecule has 0 aliphatic rings. The minimum atomic E-state index is -2.94. The quantitative estimate of drug-likeness (QED) is 0.782. The molecular formula is C14H8ClF2NO3. The van der Waals surface area contributed by atoms with Gasteiger partial charge in [0.05, 0.1) is 6.07 Å². The maximum atomic E-state index is 12.1. The van der Waals surface area contributed by atoms with Gasteiger partial charge in [-0.05, 0) is 41.4 Å². The number of nitrogens with zero attached hydrogens (tertiary/aromatic N) is 1. The van der Waals surface area contributed by atoms with Crippen molar-refractivity contribution in [3.63, 3.8) is 0 Å². The van der Waals surface area contributed by atoms with E-state index >= 15 is 0 Å². The van der Waals surface area contributed by atoms with Crippen LogP contribution in [0.15, 0.2) is 40.8 Å². The molecule has 0 radical (unpaired) electrons. The number of ketones is 1. The molecule has 2 aromatic rings. The van der Waals surface area contributed by atoms with Crippen molar-refractivity contribution in [3.8, 4) is 11.8 Å². The molecule has 108 valence electrons. The predicted molar refractivity (Wildman–Crippen MR) is 69.5 cm³/mol. The molecule has 0 bridgehead atoms. The molecule has 1 aromatic carbocycles. The number of ether oxygens (including phenoxy) is 1. The molecule has 1 unspecified atom stereocenters. The first-order valence-corrected chi connectivity index (χ1v) is 6.13. The summed E-state index contributed by atoms with van der Waals surface area (Å²) in [6.45, 7) is -2.94. The van der Waals surface area contributed by atoms with Crippen molar-refractivity contribution in [1.29, 1.82) is 5.26 Å². The van der Waals surface area contributed by atoms with Gasteiger partial charge < -0.3 is 9.15 Å². The Balaban J connectivity index is 2.21. The van der Waals surface area contributed by atoms with Gasteiger partial charge >= 0.3 is 6.61 Å². The summed E-state index contributed by atoms with van der Waals surface area (Å²) in [5, 5.41) is 9.17. The van der Waals surface area contributed by atoms with Crippen LogP contribution in [0, 0.1) is 11.3 Å². The van der Waals surface area contributed by atoms with Crippen LogP contribution in [0.2, 0.25) is 5.22 Å². The van der Waals surface area contributed by atoms with Gasteiger partial charge in [-0.2, -0.15) is 14.0 Å². The van der Waals surface area contributed by atoms with Crippen molar-refractivity contribution in [2.75, 3.05) is 0 Å². The molecule has 0 spiro atoms. The van der Waals surface area contributed by atoms with E-state index in [2.05, 4.69) is 4.74 Å². The van der Waals surface area contributed by atoms with E-state index in [0.29, 0.717) is 5.56 Å². The smallest absolute Gasteiger partial charge is 0.387 e. The molecule has 0 N–H and O–H groups in total. The number of carbonyl (C=O) groups excluding carboxylic acids is 1. The van der Waals surface area contributed by atoms with E-state index in [9.17, 15) is 13.6 Å². The number of halogens is 3. The van der Waals surface area contributed by atoms with E-state index in [1.165, 1.54) is 36.4 Å². The first-order chi connectivity index (χ1) is 10.0. The van der Waals surface area contributed by atoms with Gasteiger partial charge in [0.25, 0.3) is 0 Å². The average molecular weight is 312 g/mol. The van der Waals surface area contributed by atoms with Gasteiger partial charge in [-0.3, -0.25) is 4.79 Å². The summed E-state index contributed by atoms with van der Waals surface area (Å²) in [5.74, 6) is -1.78. The van der Waals surface area contributed by atoms with Crippen LogP contribution in [-0.4, -0.2) is 12.4 Å². The fraction of sp³-hybridized carbons (Fsp3) is 0.143. The Kier molecular flexibility index (Phi) is 4.55. The highest BCUT2D eigenvalue weighted by molar-refractivity contribution is 6.29. The Bertz CT molecular complexity index is 676. The fourth-order valence-electron chi connectivity index (χ4n) is 1.72. The minimum absolute atomic E-state index is 0.0377. The summed E-state index contributed by atoms with van der Waals surface area (Å²) in [6.07, 6.45) is 0. The molecule has 7 heteroatoms. The van der Waals surface area contributed by atoms with Gasteiger partial charge in [0.15, 0.2) is 11.0 Å². The maximum Gasteiger partial charge on any atom is 0.387 e.